The van der Waals surface area contributed by atoms with E-state index < -0.39 is 0 Å². The van der Waals surface area contributed by atoms with Crippen LogP contribution in [-0.2, 0) is 4.79 Å². The molecule has 4 aromatic rings. The second kappa shape index (κ2) is 8.43. The molecule has 2 heterocycles. The minimum Gasteiger partial charge on any atom is -0.325 e. The first-order chi connectivity index (χ1) is 14.1. The summed E-state index contributed by atoms with van der Waals surface area (Å²) in [7, 11) is 0. The Morgan fingerprint density at radius 1 is 1.17 bits per heavy atom. The van der Waals surface area contributed by atoms with Gasteiger partial charge in [0.2, 0.25) is 5.91 Å². The number of anilines is 1. The van der Waals surface area contributed by atoms with Gasteiger partial charge >= 0.3 is 0 Å². The number of rotatable bonds is 5. The molecule has 0 saturated carbocycles. The molecule has 0 fully saturated rings. The van der Waals surface area contributed by atoms with Gasteiger partial charge in [0.25, 0.3) is 0 Å². The molecule has 0 spiro atoms. The molecule has 1 N–H and O–H groups in total. The van der Waals surface area contributed by atoms with Gasteiger partial charge < -0.3 is 5.32 Å². The third-order valence-electron chi connectivity index (χ3n) is 4.17. The van der Waals surface area contributed by atoms with Crippen LogP contribution in [-0.4, -0.2) is 21.6 Å². The summed E-state index contributed by atoms with van der Waals surface area (Å²) >= 11 is 2.96. The van der Waals surface area contributed by atoms with Crippen LogP contribution in [0.5, 0.6) is 0 Å². The van der Waals surface area contributed by atoms with Crippen molar-refractivity contribution in [2.45, 2.75) is 11.9 Å². The number of pyridine rings is 1. The molecular formula is C22H16N4OS2. The molecule has 2 aromatic heterocycles. The summed E-state index contributed by atoms with van der Waals surface area (Å²) in [6, 6.07) is 19.3. The van der Waals surface area contributed by atoms with E-state index in [0.717, 1.165) is 21.8 Å². The fourth-order valence-electron chi connectivity index (χ4n) is 2.75. The Morgan fingerprint density at radius 3 is 2.79 bits per heavy atom. The number of nitrogens with one attached hydrogen (secondary N) is 1. The predicted octanol–water partition coefficient (Wildman–Crippen LogP) is 5.27. The summed E-state index contributed by atoms with van der Waals surface area (Å²) in [5, 5.41) is 13.4. The predicted molar refractivity (Wildman–Crippen MR) is 118 cm³/mol. The number of thioether (sulfide) groups is 1. The van der Waals surface area contributed by atoms with Crippen molar-refractivity contribution in [1.29, 1.82) is 5.26 Å². The lowest BCUT2D eigenvalue weighted by molar-refractivity contribution is -0.113. The van der Waals surface area contributed by atoms with Gasteiger partial charge in [-0.3, -0.25) is 4.79 Å². The van der Waals surface area contributed by atoms with Crippen molar-refractivity contribution in [2.75, 3.05) is 11.1 Å². The van der Waals surface area contributed by atoms with Crippen LogP contribution in [0.25, 0.3) is 20.8 Å². The molecule has 7 heteroatoms. The molecule has 0 bridgehead atoms. The first kappa shape index (κ1) is 19.1. The number of benzene rings is 2. The number of hydrogen-bond acceptors (Lipinski definition) is 6. The summed E-state index contributed by atoms with van der Waals surface area (Å²) < 4.78 is 1.17. The number of nitriles is 1. The zero-order chi connectivity index (χ0) is 20.2. The average molecular weight is 417 g/mol. The van der Waals surface area contributed by atoms with E-state index in [-0.39, 0.29) is 11.7 Å². The zero-order valence-electron chi connectivity index (χ0n) is 15.5. The fraction of sp³-hybridized carbons (Fsp3) is 0.0909. The van der Waals surface area contributed by atoms with Crippen molar-refractivity contribution >= 4 is 44.9 Å². The Balaban J connectivity index is 1.39. The monoisotopic (exact) mass is 416 g/mol. The highest BCUT2D eigenvalue weighted by atomic mass is 32.2. The number of amides is 1. The van der Waals surface area contributed by atoms with E-state index in [1.165, 1.54) is 22.0 Å². The van der Waals surface area contributed by atoms with Gasteiger partial charge in [-0.25, -0.2) is 9.97 Å². The van der Waals surface area contributed by atoms with E-state index in [9.17, 15) is 4.79 Å². The third kappa shape index (κ3) is 4.62. The second-order valence-electron chi connectivity index (χ2n) is 6.40. The van der Waals surface area contributed by atoms with E-state index in [1.54, 1.807) is 29.7 Å². The van der Waals surface area contributed by atoms with Crippen molar-refractivity contribution in [3.05, 3.63) is 71.9 Å². The smallest absolute Gasteiger partial charge is 0.234 e. The number of aromatic nitrogens is 2. The zero-order valence-corrected chi connectivity index (χ0v) is 17.2. The molecule has 4 rings (SSSR count). The molecular weight excluding hydrogens is 400 g/mol. The number of nitrogens with zero attached hydrogens (tertiary/aromatic N) is 3. The van der Waals surface area contributed by atoms with Crippen molar-refractivity contribution in [3.63, 3.8) is 0 Å². The number of fused-ring (bicyclic) bond motifs is 1. The highest BCUT2D eigenvalue weighted by Crippen LogP contribution is 2.31. The van der Waals surface area contributed by atoms with Crippen LogP contribution < -0.4 is 5.32 Å². The van der Waals surface area contributed by atoms with Crippen molar-refractivity contribution < 1.29 is 4.79 Å². The van der Waals surface area contributed by atoms with Crippen LogP contribution in [0.15, 0.2) is 65.8 Å². The average Bonchev–Trinajstić information content (AvgIpc) is 3.16. The topological polar surface area (TPSA) is 78.7 Å². The standard InChI is InChI=1S/C22H16N4OS2/c1-14-2-7-18-19(10-14)29-22(26-18)16-3-5-17(6-4-16)25-20(27)13-28-21-11-15(12-23)8-9-24-21/h2-11H,13H2,1H3,(H,25,27). The van der Waals surface area contributed by atoms with Gasteiger partial charge in [0.1, 0.15) is 5.01 Å². The summed E-state index contributed by atoms with van der Waals surface area (Å²) in [5.41, 5.74) is 4.50. The Labute approximate surface area is 176 Å². The molecule has 0 unspecified atom stereocenters. The molecule has 0 aliphatic rings. The van der Waals surface area contributed by atoms with Gasteiger partial charge in [-0.1, -0.05) is 17.8 Å². The van der Waals surface area contributed by atoms with Gasteiger partial charge in [0.15, 0.2) is 0 Å². The quantitative estimate of drug-likeness (QED) is 0.448. The summed E-state index contributed by atoms with van der Waals surface area (Å²) in [6.45, 7) is 2.07. The number of thiazole rings is 1. The number of carbonyl (C=O) groups excluding carboxylic acids is 1. The van der Waals surface area contributed by atoms with Crippen molar-refractivity contribution in [2.24, 2.45) is 0 Å². The van der Waals surface area contributed by atoms with Crippen molar-refractivity contribution in [1.82, 2.24) is 9.97 Å². The Kier molecular flexibility index (Phi) is 5.56. The summed E-state index contributed by atoms with van der Waals surface area (Å²) in [5.74, 6) is 0.100. The van der Waals surface area contributed by atoms with Gasteiger partial charge in [-0.15, -0.1) is 11.3 Å². The minimum atomic E-state index is -0.123. The molecule has 1 amide bonds. The van der Waals surface area contributed by atoms with Gasteiger partial charge in [-0.2, -0.15) is 5.26 Å². The van der Waals surface area contributed by atoms with Crippen LogP contribution in [0.4, 0.5) is 5.69 Å². The number of carbonyl (C=O) groups is 1. The molecule has 142 valence electrons. The number of aryl methyl sites for hydroxylation is 1. The van der Waals surface area contributed by atoms with Gasteiger partial charge in [0.05, 0.1) is 32.6 Å². The second-order valence-corrected chi connectivity index (χ2v) is 8.43. The normalized spacial score (nSPS) is 10.6. The van der Waals surface area contributed by atoms with E-state index in [0.29, 0.717) is 10.6 Å². The molecule has 0 saturated heterocycles. The Hall–Kier alpha value is -3.21. The molecule has 5 nitrogen and oxygen atoms in total. The van der Waals surface area contributed by atoms with Crippen LogP contribution in [0.3, 0.4) is 0 Å². The van der Waals surface area contributed by atoms with Crippen LogP contribution in [0.2, 0.25) is 0 Å². The van der Waals surface area contributed by atoms with Gasteiger partial charge in [0, 0.05) is 17.4 Å². The van der Waals surface area contributed by atoms with Crippen LogP contribution >= 0.6 is 23.1 Å². The molecule has 0 radical (unpaired) electrons. The summed E-state index contributed by atoms with van der Waals surface area (Å²) in [6.07, 6.45) is 1.57. The molecule has 2 aromatic carbocycles. The highest BCUT2D eigenvalue weighted by molar-refractivity contribution is 7.99. The van der Waals surface area contributed by atoms with E-state index in [1.807, 2.05) is 30.3 Å². The summed E-state index contributed by atoms with van der Waals surface area (Å²) in [4.78, 5) is 21.1. The first-order valence-corrected chi connectivity index (χ1v) is 10.7. The first-order valence-electron chi connectivity index (χ1n) is 8.87. The SMILES string of the molecule is Cc1ccc2nc(-c3ccc(NC(=O)CSc4cc(C#N)ccn4)cc3)sc2c1. The minimum absolute atomic E-state index is 0.123. The third-order valence-corrected chi connectivity index (χ3v) is 6.17. The lowest BCUT2D eigenvalue weighted by atomic mass is 10.2. The largest absolute Gasteiger partial charge is 0.325 e. The van der Waals surface area contributed by atoms with Crippen LogP contribution in [0.1, 0.15) is 11.1 Å². The van der Waals surface area contributed by atoms with E-state index in [4.69, 9.17) is 5.26 Å². The number of hydrogen-bond donors (Lipinski definition) is 1. The lowest BCUT2D eigenvalue weighted by Gasteiger charge is -2.06. The van der Waals surface area contributed by atoms with E-state index >= 15 is 0 Å². The Bertz CT molecular complexity index is 1230. The molecule has 0 atom stereocenters. The maximum atomic E-state index is 12.2. The van der Waals surface area contributed by atoms with E-state index in [2.05, 4.69) is 40.4 Å². The van der Waals surface area contributed by atoms with Crippen LogP contribution in [0, 0.1) is 18.3 Å². The van der Waals surface area contributed by atoms with Crippen molar-refractivity contribution in [3.8, 4) is 16.6 Å². The lowest BCUT2D eigenvalue weighted by Crippen LogP contribution is -2.14. The fourth-order valence-corrected chi connectivity index (χ4v) is 4.51. The van der Waals surface area contributed by atoms with Gasteiger partial charge in [-0.05, 0) is 61.0 Å². The molecule has 29 heavy (non-hydrogen) atoms. The maximum Gasteiger partial charge on any atom is 0.234 e. The molecule has 0 aliphatic carbocycles. The maximum absolute atomic E-state index is 12.2. The highest BCUT2D eigenvalue weighted by Gasteiger charge is 2.08. The molecule has 0 aliphatic heterocycles. The Morgan fingerprint density at radius 2 is 2.00 bits per heavy atom.